The number of methoxy groups -OCH3 is 1. The Morgan fingerprint density at radius 3 is 2.69 bits per heavy atom. The summed E-state index contributed by atoms with van der Waals surface area (Å²) in [5, 5.41) is 10.7. The summed E-state index contributed by atoms with van der Waals surface area (Å²) >= 11 is 0. The van der Waals surface area contributed by atoms with E-state index in [2.05, 4.69) is 0 Å². The molecule has 94 valence electrons. The fourth-order valence-corrected chi connectivity index (χ4v) is 3.21. The third kappa shape index (κ3) is 2.76. The molecule has 16 heavy (non-hydrogen) atoms. The molecule has 0 spiro atoms. The van der Waals surface area contributed by atoms with Crippen LogP contribution in [0.2, 0.25) is 0 Å². The summed E-state index contributed by atoms with van der Waals surface area (Å²) in [6.45, 7) is 1.72. The topological polar surface area (TPSA) is 38.7 Å². The van der Waals surface area contributed by atoms with E-state index >= 15 is 0 Å². The van der Waals surface area contributed by atoms with Gasteiger partial charge in [0.25, 0.3) is 0 Å². The number of rotatable bonds is 3. The lowest BCUT2D eigenvalue weighted by atomic mass is 9.75. The largest absolute Gasteiger partial charge is 0.387 e. The van der Waals surface area contributed by atoms with Gasteiger partial charge in [-0.1, -0.05) is 12.8 Å². The van der Waals surface area contributed by atoms with Gasteiger partial charge < -0.3 is 14.6 Å². The van der Waals surface area contributed by atoms with Crippen LogP contribution in [0.1, 0.15) is 44.9 Å². The highest BCUT2D eigenvalue weighted by atomic mass is 16.5. The summed E-state index contributed by atoms with van der Waals surface area (Å²) in [5.74, 6) is 0.620. The van der Waals surface area contributed by atoms with Gasteiger partial charge in [-0.2, -0.15) is 0 Å². The normalized spacial score (nSPS) is 37.5. The molecule has 2 aliphatic rings. The molecule has 0 aromatic heterocycles. The van der Waals surface area contributed by atoms with Gasteiger partial charge in [0.05, 0.1) is 11.7 Å². The lowest BCUT2D eigenvalue weighted by Crippen LogP contribution is -2.47. The molecule has 1 aliphatic heterocycles. The Hall–Kier alpha value is -0.120. The summed E-state index contributed by atoms with van der Waals surface area (Å²) in [5.41, 5.74) is -0.574. The van der Waals surface area contributed by atoms with Crippen LogP contribution in [-0.2, 0) is 9.47 Å². The first kappa shape index (κ1) is 12.3. The lowest BCUT2D eigenvalue weighted by molar-refractivity contribution is -0.132. The number of aliphatic hydroxyl groups is 1. The van der Waals surface area contributed by atoms with E-state index < -0.39 is 5.60 Å². The number of hydrogen-bond acceptors (Lipinski definition) is 3. The summed E-state index contributed by atoms with van der Waals surface area (Å²) in [4.78, 5) is 0. The first-order valence-corrected chi connectivity index (χ1v) is 6.57. The van der Waals surface area contributed by atoms with Crippen LogP contribution in [-0.4, -0.2) is 37.1 Å². The maximum absolute atomic E-state index is 10.7. The third-order valence-corrected chi connectivity index (χ3v) is 4.19. The highest BCUT2D eigenvalue weighted by molar-refractivity contribution is 4.93. The van der Waals surface area contributed by atoms with Crippen molar-refractivity contribution in [1.82, 2.24) is 0 Å². The van der Waals surface area contributed by atoms with Gasteiger partial charge in [-0.15, -0.1) is 0 Å². The van der Waals surface area contributed by atoms with E-state index in [1.165, 1.54) is 6.42 Å². The van der Waals surface area contributed by atoms with E-state index in [4.69, 9.17) is 9.47 Å². The minimum Gasteiger partial charge on any atom is -0.387 e. The highest BCUT2D eigenvalue weighted by Gasteiger charge is 2.40. The Bertz CT molecular complexity index is 213. The van der Waals surface area contributed by atoms with Crippen molar-refractivity contribution < 1.29 is 14.6 Å². The summed E-state index contributed by atoms with van der Waals surface area (Å²) < 4.78 is 10.8. The molecule has 1 saturated carbocycles. The molecule has 3 heteroatoms. The minimum atomic E-state index is -0.574. The van der Waals surface area contributed by atoms with Gasteiger partial charge in [0.2, 0.25) is 0 Å². The molecule has 3 nitrogen and oxygen atoms in total. The zero-order valence-corrected chi connectivity index (χ0v) is 10.3. The van der Waals surface area contributed by atoms with Crippen molar-refractivity contribution in [2.45, 2.75) is 56.7 Å². The highest BCUT2D eigenvalue weighted by Crippen LogP contribution is 2.37. The molecular formula is C13H24O3. The Labute approximate surface area is 98.1 Å². The first-order chi connectivity index (χ1) is 7.74. The zero-order chi connectivity index (χ0) is 11.4. The van der Waals surface area contributed by atoms with E-state index in [1.807, 2.05) is 0 Å². The summed E-state index contributed by atoms with van der Waals surface area (Å²) in [6.07, 6.45) is 7.38. The fraction of sp³-hybridized carbons (Fsp3) is 1.00. The molecule has 2 fully saturated rings. The Balaban J connectivity index is 1.93. The molecule has 1 aliphatic carbocycles. The van der Waals surface area contributed by atoms with Gasteiger partial charge >= 0.3 is 0 Å². The van der Waals surface area contributed by atoms with Crippen molar-refractivity contribution in [3.05, 3.63) is 0 Å². The third-order valence-electron chi connectivity index (χ3n) is 4.19. The Morgan fingerprint density at radius 2 is 2.00 bits per heavy atom. The van der Waals surface area contributed by atoms with Crippen LogP contribution in [0.15, 0.2) is 0 Å². The van der Waals surface area contributed by atoms with Crippen molar-refractivity contribution in [2.24, 2.45) is 5.92 Å². The molecule has 1 saturated heterocycles. The molecule has 2 atom stereocenters. The summed E-state index contributed by atoms with van der Waals surface area (Å²) in [7, 11) is 1.73. The molecule has 0 radical (unpaired) electrons. The molecule has 0 aromatic carbocycles. The molecule has 2 unspecified atom stereocenters. The monoisotopic (exact) mass is 228 g/mol. The van der Waals surface area contributed by atoms with Crippen molar-refractivity contribution in [1.29, 1.82) is 0 Å². The predicted molar refractivity (Wildman–Crippen MR) is 62.4 cm³/mol. The second-order valence-electron chi connectivity index (χ2n) is 5.33. The van der Waals surface area contributed by atoms with Crippen molar-refractivity contribution in [3.8, 4) is 0 Å². The minimum absolute atomic E-state index is 0.0455. The van der Waals surface area contributed by atoms with E-state index in [0.29, 0.717) is 5.92 Å². The van der Waals surface area contributed by atoms with Gasteiger partial charge in [0.15, 0.2) is 0 Å². The molecule has 1 N–H and O–H groups in total. The van der Waals surface area contributed by atoms with Crippen LogP contribution in [0.4, 0.5) is 0 Å². The van der Waals surface area contributed by atoms with Gasteiger partial charge in [0, 0.05) is 20.3 Å². The van der Waals surface area contributed by atoms with E-state index in [9.17, 15) is 5.11 Å². The lowest BCUT2D eigenvalue weighted by Gasteiger charge is -2.41. The van der Waals surface area contributed by atoms with E-state index in [1.54, 1.807) is 7.11 Å². The van der Waals surface area contributed by atoms with Gasteiger partial charge in [-0.3, -0.25) is 0 Å². The van der Waals surface area contributed by atoms with Crippen LogP contribution in [0, 0.1) is 5.92 Å². The second kappa shape index (κ2) is 5.48. The van der Waals surface area contributed by atoms with Gasteiger partial charge in [-0.25, -0.2) is 0 Å². The van der Waals surface area contributed by atoms with Crippen LogP contribution in [0.3, 0.4) is 0 Å². The maximum atomic E-state index is 10.7. The molecule has 0 bridgehead atoms. The zero-order valence-electron chi connectivity index (χ0n) is 10.3. The number of ether oxygens (including phenoxy) is 2. The predicted octanol–water partition coefficient (Wildman–Crippen LogP) is 2.12. The van der Waals surface area contributed by atoms with Crippen molar-refractivity contribution in [2.75, 3.05) is 20.3 Å². The standard InChI is InChI=1S/C13H24O3/c1-15-12-4-2-3-7-13(12,14)10-11-5-8-16-9-6-11/h11-12,14H,2-10H2,1H3. The first-order valence-electron chi connectivity index (χ1n) is 6.57. The van der Waals surface area contributed by atoms with Crippen LogP contribution in [0.25, 0.3) is 0 Å². The SMILES string of the molecule is COC1CCCCC1(O)CC1CCOCC1. The number of hydrogen-bond donors (Lipinski definition) is 1. The van der Waals surface area contributed by atoms with Crippen LogP contribution < -0.4 is 0 Å². The van der Waals surface area contributed by atoms with Crippen molar-refractivity contribution >= 4 is 0 Å². The quantitative estimate of drug-likeness (QED) is 0.804. The second-order valence-corrected chi connectivity index (χ2v) is 5.33. The Morgan fingerprint density at radius 1 is 1.25 bits per heavy atom. The average molecular weight is 228 g/mol. The molecule has 2 rings (SSSR count). The molecular weight excluding hydrogens is 204 g/mol. The molecule has 0 aromatic rings. The fourth-order valence-electron chi connectivity index (χ4n) is 3.21. The van der Waals surface area contributed by atoms with E-state index in [0.717, 1.165) is 51.7 Å². The average Bonchev–Trinajstić information content (AvgIpc) is 2.30. The van der Waals surface area contributed by atoms with Crippen LogP contribution in [0.5, 0.6) is 0 Å². The molecule has 1 heterocycles. The van der Waals surface area contributed by atoms with Crippen LogP contribution >= 0.6 is 0 Å². The van der Waals surface area contributed by atoms with Gasteiger partial charge in [0.1, 0.15) is 0 Å². The Kier molecular flexibility index (Phi) is 4.22. The van der Waals surface area contributed by atoms with Crippen molar-refractivity contribution in [3.63, 3.8) is 0 Å². The van der Waals surface area contributed by atoms with E-state index in [-0.39, 0.29) is 6.10 Å². The smallest absolute Gasteiger partial charge is 0.0910 e. The van der Waals surface area contributed by atoms with Gasteiger partial charge in [-0.05, 0) is 38.0 Å². The molecule has 0 amide bonds. The summed E-state index contributed by atoms with van der Waals surface area (Å²) in [6, 6.07) is 0. The maximum Gasteiger partial charge on any atom is 0.0910 e.